The molecule has 2 aromatic carbocycles. The highest BCUT2D eigenvalue weighted by Gasteiger charge is 2.42. The first-order valence-electron chi connectivity index (χ1n) is 7.08. The van der Waals surface area contributed by atoms with Crippen molar-refractivity contribution in [2.45, 2.75) is 6.49 Å². The summed E-state index contributed by atoms with van der Waals surface area (Å²) in [5.74, 6) is -3.83. The molecule has 2 aromatic rings. The van der Waals surface area contributed by atoms with Gasteiger partial charge in [-0.1, -0.05) is 69.6 Å². The molecule has 4 nitrogen and oxygen atoms in total. The standard InChI is InChI=1S/C7H3BrClFO2.C7H4ClFO2.C2Br2Cl4/c8-5-3(7(11)12)1-2-4(9)6(5)10;8-5-2-1-4(7(10)11)3-6(5)9;3-1(5,6)2(4,7)8/h1-2H,(H,11,12);1-3H,(H,10,11);. The quantitative estimate of drug-likeness (QED) is 0.242. The second-order valence-electron chi connectivity index (χ2n) is 4.96. The molecule has 0 unspecified atom stereocenters. The normalized spacial score (nSPS) is 10.9. The maximum absolute atomic E-state index is 12.9. The second-order valence-corrected chi connectivity index (χ2v) is 13.4. The van der Waals surface area contributed by atoms with Gasteiger partial charge in [0.1, 0.15) is 5.82 Å². The van der Waals surface area contributed by atoms with E-state index in [9.17, 15) is 18.4 Å². The third-order valence-corrected chi connectivity index (χ3v) is 8.28. The highest BCUT2D eigenvalue weighted by Crippen LogP contribution is 2.51. The summed E-state index contributed by atoms with van der Waals surface area (Å²) >= 11 is 40.7. The van der Waals surface area contributed by atoms with Crippen LogP contribution in [-0.2, 0) is 0 Å². The minimum atomic E-state index is -1.36. The lowest BCUT2D eigenvalue weighted by molar-refractivity contribution is 0.0685. The minimum absolute atomic E-state index is 0.0741. The van der Waals surface area contributed by atoms with Crippen LogP contribution in [0.4, 0.5) is 8.78 Å². The Kier molecular flexibility index (Phi) is 13.5. The van der Waals surface area contributed by atoms with Crippen molar-refractivity contribution in [1.29, 1.82) is 0 Å². The SMILES string of the molecule is ClC(Cl)(Br)C(Cl)(Cl)Br.O=C(O)c1ccc(Cl)c(F)c1.O=C(O)c1ccc(Cl)c(F)c1Br. The first-order valence-corrected chi connectivity index (χ1v) is 11.7. The van der Waals surface area contributed by atoms with Crippen LogP contribution in [-0.4, -0.2) is 28.6 Å². The van der Waals surface area contributed by atoms with Gasteiger partial charge in [-0.3, -0.25) is 0 Å². The third kappa shape index (κ3) is 10.9. The van der Waals surface area contributed by atoms with Gasteiger partial charge in [0.2, 0.25) is 6.49 Å². The number of carboxylic acids is 2. The van der Waals surface area contributed by atoms with Crippen LogP contribution in [0.5, 0.6) is 0 Å². The Morgan fingerprint density at radius 2 is 1.29 bits per heavy atom. The molecule has 0 aromatic heterocycles. The summed E-state index contributed by atoms with van der Waals surface area (Å²) in [6.45, 7) is 0. The molecule has 0 amide bonds. The summed E-state index contributed by atoms with van der Waals surface area (Å²) in [6.07, 6.45) is 0. The van der Waals surface area contributed by atoms with Gasteiger partial charge >= 0.3 is 11.9 Å². The van der Waals surface area contributed by atoms with Gasteiger partial charge in [0.25, 0.3) is 0 Å². The van der Waals surface area contributed by atoms with Crippen molar-refractivity contribution < 1.29 is 28.6 Å². The van der Waals surface area contributed by atoms with E-state index in [1.165, 1.54) is 24.3 Å². The third-order valence-electron chi connectivity index (χ3n) is 2.75. The fraction of sp³-hybridized carbons (Fsp3) is 0.125. The zero-order valence-corrected chi connectivity index (χ0v) is 23.5. The molecular formula is C16H7Br3Cl6F2O4. The molecule has 0 fully saturated rings. The molecule has 0 aliphatic carbocycles. The molecule has 0 bridgehead atoms. The molecule has 2 N–H and O–H groups in total. The average molecular weight is 754 g/mol. The van der Waals surface area contributed by atoms with E-state index in [4.69, 9.17) is 79.8 Å². The zero-order chi connectivity index (χ0) is 24.7. The molecule has 0 heterocycles. The number of rotatable bonds is 3. The number of hydrogen-bond donors (Lipinski definition) is 2. The van der Waals surface area contributed by atoms with Crippen LogP contribution < -0.4 is 0 Å². The van der Waals surface area contributed by atoms with E-state index in [-0.39, 0.29) is 25.6 Å². The van der Waals surface area contributed by atoms with Gasteiger partial charge in [0.15, 0.2) is 5.82 Å². The van der Waals surface area contributed by atoms with Crippen LogP contribution in [0.2, 0.25) is 10.0 Å². The van der Waals surface area contributed by atoms with E-state index in [2.05, 4.69) is 47.8 Å². The lowest BCUT2D eigenvalue weighted by Gasteiger charge is -2.20. The van der Waals surface area contributed by atoms with Gasteiger partial charge in [0, 0.05) is 0 Å². The Morgan fingerprint density at radius 1 is 0.839 bits per heavy atom. The number of carbonyl (C=O) groups is 2. The maximum Gasteiger partial charge on any atom is 0.336 e. The van der Waals surface area contributed by atoms with Crippen molar-refractivity contribution in [3.63, 3.8) is 0 Å². The smallest absolute Gasteiger partial charge is 0.336 e. The van der Waals surface area contributed by atoms with Gasteiger partial charge in [-0.25, -0.2) is 18.4 Å². The van der Waals surface area contributed by atoms with E-state index in [1.807, 2.05) is 0 Å². The van der Waals surface area contributed by atoms with Crippen LogP contribution in [0.3, 0.4) is 0 Å². The molecule has 31 heavy (non-hydrogen) atoms. The van der Waals surface area contributed by atoms with Crippen LogP contribution in [0.1, 0.15) is 20.7 Å². The Hall–Kier alpha value is 0.420. The maximum atomic E-state index is 12.9. The molecule has 15 heteroatoms. The van der Waals surface area contributed by atoms with E-state index < -0.39 is 30.1 Å². The fourth-order valence-electron chi connectivity index (χ4n) is 1.32. The van der Waals surface area contributed by atoms with Crippen molar-refractivity contribution in [3.05, 3.63) is 67.6 Å². The molecule has 0 aliphatic rings. The van der Waals surface area contributed by atoms with Crippen LogP contribution in [0, 0.1) is 11.6 Å². The van der Waals surface area contributed by atoms with Gasteiger partial charge in [-0.15, -0.1) is 0 Å². The van der Waals surface area contributed by atoms with Crippen molar-refractivity contribution in [3.8, 4) is 0 Å². The Balaban J connectivity index is 0.000000446. The summed E-state index contributed by atoms with van der Waals surface area (Å²) in [6, 6.07) is 5.77. The van der Waals surface area contributed by atoms with Gasteiger partial charge in [-0.2, -0.15) is 0 Å². The number of benzene rings is 2. The largest absolute Gasteiger partial charge is 0.478 e. The van der Waals surface area contributed by atoms with Gasteiger partial charge < -0.3 is 10.2 Å². The summed E-state index contributed by atoms with van der Waals surface area (Å²) in [4.78, 5) is 20.7. The molecule has 0 spiro atoms. The molecule has 0 radical (unpaired) electrons. The van der Waals surface area contributed by atoms with Gasteiger partial charge in [0.05, 0.1) is 25.6 Å². The van der Waals surface area contributed by atoms with Crippen molar-refractivity contribution in [1.82, 2.24) is 0 Å². The molecule has 0 saturated heterocycles. The summed E-state index contributed by atoms with van der Waals surface area (Å²) in [5, 5.41) is 16.8. The number of carboxylic acid groups (broad SMARTS) is 2. The van der Waals surface area contributed by atoms with E-state index in [0.29, 0.717) is 0 Å². The Bertz CT molecular complexity index is 940. The summed E-state index contributed by atoms with van der Waals surface area (Å²) < 4.78 is 22.6. The first kappa shape index (κ1) is 31.4. The number of hydrogen-bond acceptors (Lipinski definition) is 2. The molecule has 0 saturated carbocycles. The molecule has 172 valence electrons. The molecular weight excluding hydrogens is 747 g/mol. The van der Waals surface area contributed by atoms with Gasteiger partial charge in [-0.05, 0) is 78.1 Å². The van der Waals surface area contributed by atoms with E-state index in [0.717, 1.165) is 6.07 Å². The highest BCUT2D eigenvalue weighted by molar-refractivity contribution is 9.14. The monoisotopic (exact) mass is 748 g/mol. The molecule has 0 atom stereocenters. The predicted octanol–water partition coefficient (Wildman–Crippen LogP) is 9.16. The average Bonchev–Trinajstić information content (AvgIpc) is 2.61. The van der Waals surface area contributed by atoms with Crippen molar-refractivity contribution in [2.24, 2.45) is 0 Å². The Morgan fingerprint density at radius 3 is 1.65 bits per heavy atom. The van der Waals surface area contributed by atoms with E-state index in [1.54, 1.807) is 0 Å². The first-order chi connectivity index (χ1) is 13.9. The Labute approximate surface area is 230 Å². The second kappa shape index (κ2) is 13.3. The lowest BCUT2D eigenvalue weighted by atomic mass is 10.2. The van der Waals surface area contributed by atoms with Crippen LogP contribution >= 0.6 is 117 Å². The summed E-state index contributed by atoms with van der Waals surface area (Å²) in [7, 11) is 0. The number of halogens is 11. The van der Waals surface area contributed by atoms with Crippen molar-refractivity contribution >= 4 is 129 Å². The topological polar surface area (TPSA) is 74.6 Å². The van der Waals surface area contributed by atoms with Crippen LogP contribution in [0.25, 0.3) is 0 Å². The molecule has 0 aliphatic heterocycles. The van der Waals surface area contributed by atoms with Crippen molar-refractivity contribution in [2.75, 3.05) is 0 Å². The number of alkyl halides is 6. The zero-order valence-electron chi connectivity index (χ0n) is 14.3. The molecule has 2 rings (SSSR count). The predicted molar refractivity (Wildman–Crippen MR) is 131 cm³/mol. The summed E-state index contributed by atoms with van der Waals surface area (Å²) in [5.41, 5.74) is -0.246. The minimum Gasteiger partial charge on any atom is -0.478 e. The van der Waals surface area contributed by atoms with E-state index >= 15 is 0 Å². The van der Waals surface area contributed by atoms with Crippen LogP contribution in [0.15, 0.2) is 34.8 Å². The highest BCUT2D eigenvalue weighted by atomic mass is 79.9. The fourth-order valence-corrected chi connectivity index (χ4v) is 2.22. The lowest BCUT2D eigenvalue weighted by Crippen LogP contribution is -2.22. The number of aromatic carboxylic acids is 2.